The van der Waals surface area contributed by atoms with Crippen LogP contribution in [0.2, 0.25) is 0 Å². The largest absolute Gasteiger partial charge is 0.338 e. The second-order valence-electron chi connectivity index (χ2n) is 4.94. The van der Waals surface area contributed by atoms with Gasteiger partial charge < -0.3 is 9.84 Å². The lowest BCUT2D eigenvalue weighted by Gasteiger charge is -2.12. The first kappa shape index (κ1) is 12.8. The van der Waals surface area contributed by atoms with Crippen molar-refractivity contribution in [2.45, 2.75) is 13.0 Å². The Morgan fingerprint density at radius 2 is 2.53 bits per heavy atom. The van der Waals surface area contributed by atoms with E-state index in [1.807, 2.05) is 24.6 Å². The van der Waals surface area contributed by atoms with E-state index in [0.29, 0.717) is 11.7 Å². The fraction of sp³-hybridized carbons (Fsp3) is 0.538. The predicted octanol–water partition coefficient (Wildman–Crippen LogP) is 1.84. The molecule has 0 spiro atoms. The summed E-state index contributed by atoms with van der Waals surface area (Å²) in [5.41, 5.74) is 0. The van der Waals surface area contributed by atoms with Gasteiger partial charge in [-0.15, -0.1) is 11.3 Å². The van der Waals surface area contributed by atoms with Crippen LogP contribution in [0.25, 0.3) is 10.7 Å². The maximum absolute atomic E-state index is 5.33. The van der Waals surface area contributed by atoms with Crippen molar-refractivity contribution in [3.63, 3.8) is 0 Å². The third kappa shape index (κ3) is 3.02. The van der Waals surface area contributed by atoms with Crippen LogP contribution < -0.4 is 5.32 Å². The van der Waals surface area contributed by atoms with Crippen molar-refractivity contribution in [3.8, 4) is 10.7 Å². The van der Waals surface area contributed by atoms with E-state index in [-0.39, 0.29) is 0 Å². The van der Waals surface area contributed by atoms with Gasteiger partial charge >= 0.3 is 0 Å². The number of aromatic nitrogens is 2. The van der Waals surface area contributed by atoms with Crippen LogP contribution in [0.1, 0.15) is 12.3 Å². The molecule has 3 rings (SSSR count). The van der Waals surface area contributed by atoms with E-state index in [1.54, 1.807) is 11.3 Å². The second-order valence-corrected chi connectivity index (χ2v) is 5.88. The molecule has 5 nitrogen and oxygen atoms in total. The molecule has 102 valence electrons. The van der Waals surface area contributed by atoms with E-state index in [1.165, 1.54) is 6.42 Å². The zero-order valence-electron chi connectivity index (χ0n) is 11.0. The maximum Gasteiger partial charge on any atom is 0.241 e. The average Bonchev–Trinajstić information content (AvgIpc) is 3.10. The van der Waals surface area contributed by atoms with Crippen molar-refractivity contribution in [1.29, 1.82) is 0 Å². The highest BCUT2D eigenvalue weighted by Gasteiger charge is 2.23. The zero-order valence-corrected chi connectivity index (χ0v) is 11.8. The molecule has 1 atom stereocenters. The normalized spacial score (nSPS) is 20.2. The van der Waals surface area contributed by atoms with Gasteiger partial charge in [0.15, 0.2) is 0 Å². The van der Waals surface area contributed by atoms with Gasteiger partial charge in [0.2, 0.25) is 11.7 Å². The van der Waals surface area contributed by atoms with E-state index in [0.717, 1.165) is 37.0 Å². The molecule has 1 aliphatic rings. The first-order valence-electron chi connectivity index (χ1n) is 6.58. The van der Waals surface area contributed by atoms with E-state index >= 15 is 0 Å². The molecule has 1 unspecified atom stereocenters. The molecule has 6 heteroatoms. The Morgan fingerprint density at radius 1 is 1.58 bits per heavy atom. The third-order valence-corrected chi connectivity index (χ3v) is 4.30. The lowest BCUT2D eigenvalue weighted by Crippen LogP contribution is -2.24. The molecule has 0 amide bonds. The Balaban J connectivity index is 1.59. The zero-order chi connectivity index (χ0) is 13.1. The smallest absolute Gasteiger partial charge is 0.241 e. The number of thiophene rings is 1. The fourth-order valence-electron chi connectivity index (χ4n) is 2.53. The van der Waals surface area contributed by atoms with Crippen LogP contribution in [0.15, 0.2) is 22.0 Å². The molecule has 0 aliphatic carbocycles. The summed E-state index contributed by atoms with van der Waals surface area (Å²) in [6.45, 7) is 4.07. The number of nitrogens with zero attached hydrogens (tertiary/aromatic N) is 3. The molecule has 1 saturated heterocycles. The molecule has 2 aromatic heterocycles. The monoisotopic (exact) mass is 278 g/mol. The van der Waals surface area contributed by atoms with Gasteiger partial charge in [0.25, 0.3) is 0 Å². The number of nitrogens with one attached hydrogen (secondary N) is 1. The van der Waals surface area contributed by atoms with Crippen molar-refractivity contribution in [2.24, 2.45) is 5.92 Å². The summed E-state index contributed by atoms with van der Waals surface area (Å²) in [6, 6.07) is 4.01. The summed E-state index contributed by atoms with van der Waals surface area (Å²) in [4.78, 5) is 7.90. The number of hydrogen-bond acceptors (Lipinski definition) is 6. The Hall–Kier alpha value is -1.24. The van der Waals surface area contributed by atoms with Crippen molar-refractivity contribution in [2.75, 3.05) is 26.7 Å². The Kier molecular flexibility index (Phi) is 3.91. The van der Waals surface area contributed by atoms with Crippen molar-refractivity contribution < 1.29 is 4.52 Å². The van der Waals surface area contributed by atoms with Crippen molar-refractivity contribution in [1.82, 2.24) is 20.4 Å². The maximum atomic E-state index is 5.33. The lowest BCUT2D eigenvalue weighted by atomic mass is 10.1. The molecule has 0 bridgehead atoms. The van der Waals surface area contributed by atoms with Gasteiger partial charge in [0.05, 0.1) is 11.4 Å². The van der Waals surface area contributed by atoms with Crippen LogP contribution in [0.4, 0.5) is 0 Å². The fourth-order valence-corrected chi connectivity index (χ4v) is 3.18. The summed E-state index contributed by atoms with van der Waals surface area (Å²) in [7, 11) is 2.01. The van der Waals surface area contributed by atoms with Gasteiger partial charge in [-0.2, -0.15) is 4.98 Å². The molecule has 0 saturated carbocycles. The molecule has 1 fully saturated rings. The van der Waals surface area contributed by atoms with Crippen LogP contribution >= 0.6 is 11.3 Å². The molecular formula is C13H18N4OS. The first-order valence-corrected chi connectivity index (χ1v) is 7.46. The Morgan fingerprint density at radius 3 is 3.32 bits per heavy atom. The molecule has 2 aromatic rings. The predicted molar refractivity (Wildman–Crippen MR) is 74.9 cm³/mol. The second kappa shape index (κ2) is 5.81. The van der Waals surface area contributed by atoms with Gasteiger partial charge in [-0.25, -0.2) is 0 Å². The van der Waals surface area contributed by atoms with Crippen LogP contribution in [0.5, 0.6) is 0 Å². The SMILES string of the molecule is CNCC1CCN(Cc2nc(-c3cccs3)no2)C1. The molecule has 0 radical (unpaired) electrons. The summed E-state index contributed by atoms with van der Waals surface area (Å²) < 4.78 is 5.33. The van der Waals surface area contributed by atoms with Gasteiger partial charge in [0.1, 0.15) is 0 Å². The first-order chi connectivity index (χ1) is 9.35. The molecule has 19 heavy (non-hydrogen) atoms. The van der Waals surface area contributed by atoms with Gasteiger partial charge in [-0.1, -0.05) is 11.2 Å². The summed E-state index contributed by atoms with van der Waals surface area (Å²) in [5.74, 6) is 2.16. The topological polar surface area (TPSA) is 54.2 Å². The minimum atomic E-state index is 0.705. The van der Waals surface area contributed by atoms with Crippen LogP contribution in [0, 0.1) is 5.92 Å². The highest BCUT2D eigenvalue weighted by molar-refractivity contribution is 7.13. The number of likely N-dealkylation sites (tertiary alicyclic amines) is 1. The lowest BCUT2D eigenvalue weighted by molar-refractivity contribution is 0.260. The summed E-state index contributed by atoms with van der Waals surface area (Å²) in [5, 5.41) is 9.30. The summed E-state index contributed by atoms with van der Waals surface area (Å²) >= 11 is 1.63. The van der Waals surface area contributed by atoms with Crippen molar-refractivity contribution in [3.05, 3.63) is 23.4 Å². The standard InChI is InChI=1S/C13H18N4OS/c1-14-7-10-4-5-17(8-10)9-12-15-13(16-18-12)11-3-2-6-19-11/h2-3,6,10,14H,4-5,7-9H2,1H3. The van der Waals surface area contributed by atoms with E-state index < -0.39 is 0 Å². The Bertz CT molecular complexity index is 510. The highest BCUT2D eigenvalue weighted by atomic mass is 32.1. The van der Waals surface area contributed by atoms with E-state index in [9.17, 15) is 0 Å². The highest BCUT2D eigenvalue weighted by Crippen LogP contribution is 2.22. The number of hydrogen-bond donors (Lipinski definition) is 1. The quantitative estimate of drug-likeness (QED) is 0.904. The minimum absolute atomic E-state index is 0.705. The summed E-state index contributed by atoms with van der Waals surface area (Å²) in [6.07, 6.45) is 1.24. The number of rotatable bonds is 5. The van der Waals surface area contributed by atoms with Crippen molar-refractivity contribution >= 4 is 11.3 Å². The van der Waals surface area contributed by atoms with Crippen LogP contribution in [0.3, 0.4) is 0 Å². The van der Waals surface area contributed by atoms with Gasteiger partial charge in [-0.05, 0) is 43.9 Å². The molecule has 1 N–H and O–H groups in total. The minimum Gasteiger partial charge on any atom is -0.338 e. The Labute approximate surface area is 116 Å². The molecular weight excluding hydrogens is 260 g/mol. The van der Waals surface area contributed by atoms with Crippen LogP contribution in [-0.2, 0) is 6.54 Å². The molecule has 1 aliphatic heterocycles. The third-order valence-electron chi connectivity index (χ3n) is 3.43. The van der Waals surface area contributed by atoms with Crippen LogP contribution in [-0.4, -0.2) is 41.7 Å². The average molecular weight is 278 g/mol. The molecule has 3 heterocycles. The van der Waals surface area contributed by atoms with Gasteiger partial charge in [-0.3, -0.25) is 4.90 Å². The molecule has 0 aromatic carbocycles. The van der Waals surface area contributed by atoms with E-state index in [4.69, 9.17) is 4.52 Å². The van der Waals surface area contributed by atoms with Gasteiger partial charge in [0, 0.05) is 6.54 Å². The van der Waals surface area contributed by atoms with E-state index in [2.05, 4.69) is 20.4 Å².